The van der Waals surface area contributed by atoms with E-state index in [1.54, 1.807) is 18.4 Å². The first-order chi connectivity index (χ1) is 13.7. The van der Waals surface area contributed by atoms with Gasteiger partial charge in [-0.05, 0) is 66.0 Å². The third-order valence-electron chi connectivity index (χ3n) is 6.02. The summed E-state index contributed by atoms with van der Waals surface area (Å²) in [6.45, 7) is 3.66. The van der Waals surface area contributed by atoms with Gasteiger partial charge in [-0.2, -0.15) is 11.3 Å². The Labute approximate surface area is 167 Å². The van der Waals surface area contributed by atoms with E-state index in [2.05, 4.69) is 31.9 Å². The third kappa shape index (κ3) is 2.86. The molecule has 0 N–H and O–H groups in total. The molecule has 1 spiro atoms. The number of nitrogens with zero attached hydrogens (tertiary/aromatic N) is 4. The lowest BCUT2D eigenvalue weighted by Gasteiger charge is -2.23. The van der Waals surface area contributed by atoms with Crippen molar-refractivity contribution in [2.75, 3.05) is 20.2 Å². The topological polar surface area (TPSA) is 60.3 Å². The Morgan fingerprint density at radius 2 is 1.96 bits per heavy atom. The van der Waals surface area contributed by atoms with Gasteiger partial charge in [-0.25, -0.2) is 0 Å². The van der Waals surface area contributed by atoms with E-state index < -0.39 is 0 Å². The predicted octanol–water partition coefficient (Wildman–Crippen LogP) is 2.92. The van der Waals surface area contributed by atoms with Gasteiger partial charge in [0, 0.05) is 30.6 Å². The summed E-state index contributed by atoms with van der Waals surface area (Å²) in [5.74, 6) is 1.62. The van der Waals surface area contributed by atoms with E-state index in [1.807, 2.05) is 28.8 Å². The highest BCUT2D eigenvalue weighted by atomic mass is 32.1. The van der Waals surface area contributed by atoms with Crippen molar-refractivity contribution < 1.29 is 4.74 Å². The fraction of sp³-hybridized carbons (Fsp3) is 0.381. The SMILES string of the molecule is COc1ccc(-c2nnc3n(c2=O)CC[C@@]32CCN(Cc3ccsc3)C2)cc1. The van der Waals surface area contributed by atoms with Crippen LogP contribution in [0.5, 0.6) is 5.75 Å². The first kappa shape index (κ1) is 17.6. The first-order valence-corrected chi connectivity index (χ1v) is 10.5. The van der Waals surface area contributed by atoms with Gasteiger partial charge in [0.25, 0.3) is 5.56 Å². The lowest BCUT2D eigenvalue weighted by Crippen LogP contribution is -2.33. The van der Waals surface area contributed by atoms with Crippen LogP contribution in [0, 0.1) is 0 Å². The standard InChI is InChI=1S/C21H22N4O2S/c1-27-17-4-2-16(3-5-17)18-19(26)25-10-8-21(20(25)23-22-18)7-9-24(14-21)12-15-6-11-28-13-15/h2-6,11,13H,7-10,12,14H2,1H3/t21-/m1/s1. The number of hydrogen-bond donors (Lipinski definition) is 0. The van der Waals surface area contributed by atoms with Crippen molar-refractivity contribution in [3.8, 4) is 17.0 Å². The molecular weight excluding hydrogens is 372 g/mol. The van der Waals surface area contributed by atoms with Crippen LogP contribution in [-0.2, 0) is 18.5 Å². The Bertz CT molecular complexity index is 1050. The van der Waals surface area contributed by atoms with Gasteiger partial charge in [-0.3, -0.25) is 14.3 Å². The summed E-state index contributed by atoms with van der Waals surface area (Å²) in [4.78, 5) is 15.6. The zero-order chi connectivity index (χ0) is 19.1. The summed E-state index contributed by atoms with van der Waals surface area (Å²) in [5.41, 5.74) is 2.47. The Kier molecular flexibility index (Phi) is 4.29. The van der Waals surface area contributed by atoms with Crippen LogP contribution in [0.2, 0.25) is 0 Å². The molecule has 0 aliphatic carbocycles. The van der Waals surface area contributed by atoms with E-state index in [0.717, 1.165) is 56.2 Å². The number of benzene rings is 1. The second kappa shape index (κ2) is 6.83. The van der Waals surface area contributed by atoms with Crippen LogP contribution in [0.3, 0.4) is 0 Å². The molecule has 0 saturated carbocycles. The molecule has 4 heterocycles. The number of hydrogen-bond acceptors (Lipinski definition) is 6. The smallest absolute Gasteiger partial charge is 0.280 e. The number of likely N-dealkylation sites (tertiary alicyclic amines) is 1. The monoisotopic (exact) mass is 394 g/mol. The molecule has 144 valence electrons. The van der Waals surface area contributed by atoms with Gasteiger partial charge in [-0.15, -0.1) is 10.2 Å². The molecule has 5 rings (SSSR count). The molecule has 2 aliphatic heterocycles. The summed E-state index contributed by atoms with van der Waals surface area (Å²) < 4.78 is 7.04. The van der Waals surface area contributed by atoms with Gasteiger partial charge < -0.3 is 4.74 Å². The normalized spacial score (nSPS) is 21.3. The fourth-order valence-electron chi connectivity index (χ4n) is 4.51. The van der Waals surface area contributed by atoms with Gasteiger partial charge in [0.05, 0.1) is 7.11 Å². The van der Waals surface area contributed by atoms with E-state index in [-0.39, 0.29) is 11.0 Å². The molecule has 2 aromatic heterocycles. The second-order valence-corrected chi connectivity index (χ2v) is 8.46. The summed E-state index contributed by atoms with van der Waals surface area (Å²) in [6, 6.07) is 9.59. The molecule has 2 aliphatic rings. The summed E-state index contributed by atoms with van der Waals surface area (Å²) in [6.07, 6.45) is 2.00. The summed E-state index contributed by atoms with van der Waals surface area (Å²) in [5, 5.41) is 13.2. The number of thiophene rings is 1. The van der Waals surface area contributed by atoms with Gasteiger partial charge in [-0.1, -0.05) is 0 Å². The Morgan fingerprint density at radius 1 is 1.14 bits per heavy atom. The van der Waals surface area contributed by atoms with Crippen LogP contribution >= 0.6 is 11.3 Å². The number of rotatable bonds is 4. The molecule has 1 aromatic carbocycles. The molecule has 0 radical (unpaired) electrons. The quantitative estimate of drug-likeness (QED) is 0.681. The summed E-state index contributed by atoms with van der Waals surface area (Å²) >= 11 is 1.74. The maximum absolute atomic E-state index is 13.1. The summed E-state index contributed by atoms with van der Waals surface area (Å²) in [7, 11) is 1.63. The lowest BCUT2D eigenvalue weighted by atomic mass is 9.85. The highest BCUT2D eigenvalue weighted by molar-refractivity contribution is 7.07. The van der Waals surface area contributed by atoms with Gasteiger partial charge in [0.1, 0.15) is 11.6 Å². The molecule has 28 heavy (non-hydrogen) atoms. The number of aromatic nitrogens is 3. The number of fused-ring (bicyclic) bond motifs is 2. The van der Waals surface area contributed by atoms with Crippen LogP contribution in [0.25, 0.3) is 11.3 Å². The Hall–Kier alpha value is -2.51. The molecule has 0 bridgehead atoms. The Balaban J connectivity index is 1.43. The van der Waals surface area contributed by atoms with Crippen molar-refractivity contribution in [1.82, 2.24) is 19.7 Å². The molecular formula is C21H22N4O2S. The van der Waals surface area contributed by atoms with E-state index in [4.69, 9.17) is 4.74 Å². The van der Waals surface area contributed by atoms with Crippen LogP contribution in [0.15, 0.2) is 45.9 Å². The maximum Gasteiger partial charge on any atom is 0.280 e. The molecule has 6 nitrogen and oxygen atoms in total. The van der Waals surface area contributed by atoms with Crippen LogP contribution in [0.1, 0.15) is 24.2 Å². The molecule has 7 heteroatoms. The van der Waals surface area contributed by atoms with Crippen LogP contribution < -0.4 is 10.3 Å². The average molecular weight is 395 g/mol. The highest BCUT2D eigenvalue weighted by Gasteiger charge is 2.46. The highest BCUT2D eigenvalue weighted by Crippen LogP contribution is 2.41. The largest absolute Gasteiger partial charge is 0.497 e. The second-order valence-electron chi connectivity index (χ2n) is 7.68. The van der Waals surface area contributed by atoms with Crippen molar-refractivity contribution >= 4 is 11.3 Å². The average Bonchev–Trinajstić information content (AvgIpc) is 3.45. The lowest BCUT2D eigenvalue weighted by molar-refractivity contribution is 0.299. The zero-order valence-electron chi connectivity index (χ0n) is 15.8. The minimum atomic E-state index is -0.0411. The maximum atomic E-state index is 13.1. The molecule has 0 unspecified atom stereocenters. The third-order valence-corrected chi connectivity index (χ3v) is 6.75. The van der Waals surface area contributed by atoms with E-state index in [1.165, 1.54) is 5.56 Å². The first-order valence-electron chi connectivity index (χ1n) is 9.54. The molecule has 1 saturated heterocycles. The predicted molar refractivity (Wildman–Crippen MR) is 109 cm³/mol. The van der Waals surface area contributed by atoms with Crippen LogP contribution in [0.4, 0.5) is 0 Å². The van der Waals surface area contributed by atoms with Gasteiger partial charge >= 0.3 is 0 Å². The Morgan fingerprint density at radius 3 is 2.71 bits per heavy atom. The van der Waals surface area contributed by atoms with Crippen molar-refractivity contribution in [3.05, 3.63) is 62.8 Å². The van der Waals surface area contributed by atoms with E-state index >= 15 is 0 Å². The van der Waals surface area contributed by atoms with Crippen molar-refractivity contribution in [3.63, 3.8) is 0 Å². The van der Waals surface area contributed by atoms with Crippen molar-refractivity contribution in [2.45, 2.75) is 31.3 Å². The van der Waals surface area contributed by atoms with Crippen molar-refractivity contribution in [2.24, 2.45) is 0 Å². The minimum Gasteiger partial charge on any atom is -0.497 e. The minimum absolute atomic E-state index is 0.0386. The van der Waals surface area contributed by atoms with Gasteiger partial charge in [0.15, 0.2) is 5.69 Å². The molecule has 0 amide bonds. The van der Waals surface area contributed by atoms with Crippen LogP contribution in [-0.4, -0.2) is 39.9 Å². The molecule has 1 atom stereocenters. The zero-order valence-corrected chi connectivity index (χ0v) is 16.6. The fourth-order valence-corrected chi connectivity index (χ4v) is 5.17. The molecule has 3 aromatic rings. The molecule has 1 fully saturated rings. The van der Waals surface area contributed by atoms with E-state index in [0.29, 0.717) is 5.69 Å². The number of ether oxygens (including phenoxy) is 1. The van der Waals surface area contributed by atoms with Crippen molar-refractivity contribution in [1.29, 1.82) is 0 Å². The number of methoxy groups -OCH3 is 1. The van der Waals surface area contributed by atoms with E-state index in [9.17, 15) is 4.79 Å². The van der Waals surface area contributed by atoms with Gasteiger partial charge in [0.2, 0.25) is 0 Å².